The normalized spacial score (nSPS) is 22.1. The summed E-state index contributed by atoms with van der Waals surface area (Å²) in [6, 6.07) is 0.450. The van der Waals surface area contributed by atoms with Crippen molar-refractivity contribution in [2.45, 2.75) is 25.8 Å². The third kappa shape index (κ3) is 2.55. The van der Waals surface area contributed by atoms with Gasteiger partial charge in [0.1, 0.15) is 12.4 Å². The molecule has 0 spiro atoms. The largest absolute Gasteiger partial charge is 0.491 e. The van der Waals surface area contributed by atoms with Crippen molar-refractivity contribution in [2.24, 2.45) is 0 Å². The summed E-state index contributed by atoms with van der Waals surface area (Å²) in [6.45, 7) is 6.90. The molecule has 1 atom stereocenters. The average Bonchev–Trinajstić information content (AvgIpc) is 2.27. The van der Waals surface area contributed by atoms with Crippen molar-refractivity contribution in [3.63, 3.8) is 0 Å². The molecule has 0 aliphatic carbocycles. The number of ether oxygens (including phenoxy) is 1. The van der Waals surface area contributed by atoms with E-state index in [9.17, 15) is 0 Å². The first-order chi connectivity index (χ1) is 6.72. The van der Waals surface area contributed by atoms with Crippen LogP contribution in [0.5, 0.6) is 0 Å². The van der Waals surface area contributed by atoms with E-state index >= 15 is 0 Å². The number of likely N-dealkylation sites (N-methyl/N-ethyl adjacent to an activating group) is 1. The molecule has 0 aromatic rings. The Labute approximate surface area is 90.8 Å². The van der Waals surface area contributed by atoms with Gasteiger partial charge in [0.2, 0.25) is 0 Å². The van der Waals surface area contributed by atoms with E-state index in [0.717, 1.165) is 30.8 Å². The van der Waals surface area contributed by atoms with Crippen molar-refractivity contribution in [3.8, 4) is 0 Å². The van der Waals surface area contributed by atoms with Crippen molar-refractivity contribution in [1.29, 1.82) is 0 Å². The van der Waals surface area contributed by atoms with Gasteiger partial charge in [-0.25, -0.2) is 0 Å². The first-order valence-corrected chi connectivity index (χ1v) is 6.20. The van der Waals surface area contributed by atoms with E-state index in [1.807, 2.05) is 7.05 Å². The molecule has 1 aliphatic heterocycles. The molecule has 0 amide bonds. The monoisotopic (exact) mass is 213 g/mol. The summed E-state index contributed by atoms with van der Waals surface area (Å²) in [5, 5.41) is 3.24. The molecule has 80 valence electrons. The van der Waals surface area contributed by atoms with Gasteiger partial charge >= 0.3 is 0 Å². The van der Waals surface area contributed by atoms with Crippen molar-refractivity contribution in [3.05, 3.63) is 22.8 Å². The van der Waals surface area contributed by atoms with E-state index < -0.39 is 0 Å². The Morgan fingerprint density at radius 2 is 2.43 bits per heavy atom. The maximum atomic E-state index is 5.73. The number of nitrogens with one attached hydrogen (secondary N) is 1. The first-order valence-electron chi connectivity index (χ1n) is 4.98. The van der Waals surface area contributed by atoms with E-state index in [1.54, 1.807) is 11.8 Å². The number of allylic oxidation sites excluding steroid dienone is 1. The van der Waals surface area contributed by atoms with Gasteiger partial charge in [-0.3, -0.25) is 0 Å². The molecule has 0 bridgehead atoms. The lowest BCUT2D eigenvalue weighted by Crippen LogP contribution is -2.33. The SMILES string of the molecule is C=C(CC)C1=C(SC)CC(NC)CO1. The fourth-order valence-electron chi connectivity index (χ4n) is 1.46. The summed E-state index contributed by atoms with van der Waals surface area (Å²) in [5.41, 5.74) is 1.11. The molecule has 1 unspecified atom stereocenters. The molecule has 0 fully saturated rings. The molecule has 0 radical (unpaired) electrons. The highest BCUT2D eigenvalue weighted by Gasteiger charge is 2.21. The molecule has 1 aliphatic rings. The maximum absolute atomic E-state index is 5.73. The van der Waals surface area contributed by atoms with Crippen LogP contribution in [0.4, 0.5) is 0 Å². The van der Waals surface area contributed by atoms with Crippen LogP contribution in [0.25, 0.3) is 0 Å². The van der Waals surface area contributed by atoms with Gasteiger partial charge in [-0.15, -0.1) is 11.8 Å². The van der Waals surface area contributed by atoms with Gasteiger partial charge in [-0.1, -0.05) is 13.5 Å². The van der Waals surface area contributed by atoms with Gasteiger partial charge in [0.25, 0.3) is 0 Å². The Morgan fingerprint density at radius 3 is 2.93 bits per heavy atom. The Hall–Kier alpha value is -0.410. The lowest BCUT2D eigenvalue weighted by Gasteiger charge is -2.27. The van der Waals surface area contributed by atoms with Crippen LogP contribution in [0, 0.1) is 0 Å². The second kappa shape index (κ2) is 5.47. The second-order valence-corrected chi connectivity index (χ2v) is 4.32. The quantitative estimate of drug-likeness (QED) is 0.775. The molecule has 0 aromatic heterocycles. The Kier molecular flexibility index (Phi) is 4.55. The molecule has 14 heavy (non-hydrogen) atoms. The van der Waals surface area contributed by atoms with Gasteiger partial charge in [0, 0.05) is 17.4 Å². The van der Waals surface area contributed by atoms with Crippen molar-refractivity contribution in [1.82, 2.24) is 5.32 Å². The smallest absolute Gasteiger partial charge is 0.131 e. The van der Waals surface area contributed by atoms with Crippen LogP contribution in [0.2, 0.25) is 0 Å². The third-order valence-corrected chi connectivity index (χ3v) is 3.36. The van der Waals surface area contributed by atoms with Gasteiger partial charge in [-0.2, -0.15) is 0 Å². The van der Waals surface area contributed by atoms with Crippen LogP contribution in [-0.2, 0) is 4.74 Å². The minimum atomic E-state index is 0.450. The van der Waals surface area contributed by atoms with Gasteiger partial charge in [-0.05, 0) is 25.3 Å². The molecule has 3 heteroatoms. The predicted molar refractivity (Wildman–Crippen MR) is 63.4 cm³/mol. The molecule has 1 heterocycles. The van der Waals surface area contributed by atoms with E-state index in [2.05, 4.69) is 25.1 Å². The topological polar surface area (TPSA) is 21.3 Å². The molecule has 2 nitrogen and oxygen atoms in total. The van der Waals surface area contributed by atoms with Crippen LogP contribution in [0.15, 0.2) is 22.8 Å². The van der Waals surface area contributed by atoms with Crippen LogP contribution in [0.3, 0.4) is 0 Å². The predicted octanol–water partition coefficient (Wildman–Crippen LogP) is 2.54. The lowest BCUT2D eigenvalue weighted by atomic mass is 10.1. The Morgan fingerprint density at radius 1 is 1.71 bits per heavy atom. The van der Waals surface area contributed by atoms with Crippen LogP contribution < -0.4 is 5.32 Å². The molecule has 0 aromatic carbocycles. The zero-order chi connectivity index (χ0) is 10.6. The van der Waals surface area contributed by atoms with Gasteiger partial charge < -0.3 is 10.1 Å². The van der Waals surface area contributed by atoms with E-state index in [-0.39, 0.29) is 0 Å². The third-order valence-electron chi connectivity index (χ3n) is 2.52. The highest BCUT2D eigenvalue weighted by Crippen LogP contribution is 2.31. The number of rotatable bonds is 4. The summed E-state index contributed by atoms with van der Waals surface area (Å²) >= 11 is 1.77. The average molecular weight is 213 g/mol. The minimum Gasteiger partial charge on any atom is -0.491 e. The van der Waals surface area contributed by atoms with E-state index in [1.165, 1.54) is 4.91 Å². The zero-order valence-electron chi connectivity index (χ0n) is 9.22. The fourth-order valence-corrected chi connectivity index (χ4v) is 2.22. The van der Waals surface area contributed by atoms with Crippen molar-refractivity contribution >= 4 is 11.8 Å². The fraction of sp³-hybridized carbons (Fsp3) is 0.636. The summed E-state index contributed by atoms with van der Waals surface area (Å²) in [6.07, 6.45) is 4.12. The van der Waals surface area contributed by atoms with Gasteiger partial charge in [0.15, 0.2) is 0 Å². The second-order valence-electron chi connectivity index (χ2n) is 3.41. The van der Waals surface area contributed by atoms with Gasteiger partial charge in [0.05, 0.1) is 0 Å². The summed E-state index contributed by atoms with van der Waals surface area (Å²) in [7, 11) is 1.98. The van der Waals surface area contributed by atoms with Crippen molar-refractivity contribution < 1.29 is 4.74 Å². The maximum Gasteiger partial charge on any atom is 0.131 e. The van der Waals surface area contributed by atoms with Crippen LogP contribution in [0.1, 0.15) is 19.8 Å². The summed E-state index contributed by atoms with van der Waals surface area (Å²) in [4.78, 5) is 1.32. The molecular formula is C11H19NOS. The summed E-state index contributed by atoms with van der Waals surface area (Å²) in [5.74, 6) is 1.03. The standard InChI is InChI=1S/C11H19NOS/c1-5-8(2)11-10(14-4)6-9(12-3)7-13-11/h9,12H,2,5-7H2,1,3-4H3. The molecule has 0 saturated carbocycles. The van der Waals surface area contributed by atoms with Crippen LogP contribution in [-0.4, -0.2) is 26.0 Å². The summed E-state index contributed by atoms with van der Waals surface area (Å²) < 4.78 is 5.73. The highest BCUT2D eigenvalue weighted by molar-refractivity contribution is 8.02. The number of hydrogen-bond donors (Lipinski definition) is 1. The molecular weight excluding hydrogens is 194 g/mol. The molecule has 1 N–H and O–H groups in total. The Bertz CT molecular complexity index is 248. The number of hydrogen-bond acceptors (Lipinski definition) is 3. The first kappa shape index (κ1) is 11.7. The number of thioether (sulfide) groups is 1. The van der Waals surface area contributed by atoms with Crippen molar-refractivity contribution in [2.75, 3.05) is 19.9 Å². The lowest BCUT2D eigenvalue weighted by molar-refractivity contribution is 0.169. The molecule has 1 rings (SSSR count). The Balaban J connectivity index is 2.79. The van der Waals surface area contributed by atoms with Crippen LogP contribution >= 0.6 is 11.8 Å². The van der Waals surface area contributed by atoms with E-state index in [0.29, 0.717) is 6.04 Å². The minimum absolute atomic E-state index is 0.450. The molecule has 0 saturated heterocycles. The zero-order valence-corrected chi connectivity index (χ0v) is 10.0. The van der Waals surface area contributed by atoms with E-state index in [4.69, 9.17) is 4.74 Å². The highest BCUT2D eigenvalue weighted by atomic mass is 32.2.